The molecule has 0 saturated carbocycles. The SMILES string of the molecule is N#C/C(=C/C=C/c1ccccc1)c1nc(-c2ccc(Cl)cc2Cl)cs1. The first-order chi connectivity index (χ1) is 12.2. The van der Waals surface area contributed by atoms with Crippen LogP contribution in [-0.2, 0) is 0 Å². The van der Waals surface area contributed by atoms with Gasteiger partial charge >= 0.3 is 0 Å². The van der Waals surface area contributed by atoms with Gasteiger partial charge in [0.25, 0.3) is 0 Å². The van der Waals surface area contributed by atoms with E-state index in [1.165, 1.54) is 11.3 Å². The third kappa shape index (κ3) is 4.37. The Bertz CT molecular complexity index is 982. The van der Waals surface area contributed by atoms with Crippen molar-refractivity contribution in [3.05, 3.63) is 86.7 Å². The zero-order chi connectivity index (χ0) is 17.6. The molecule has 0 N–H and O–H groups in total. The fourth-order valence-corrected chi connectivity index (χ4v) is 3.49. The lowest BCUT2D eigenvalue weighted by molar-refractivity contribution is 1.37. The summed E-state index contributed by atoms with van der Waals surface area (Å²) in [7, 11) is 0. The van der Waals surface area contributed by atoms with Gasteiger partial charge in [-0.2, -0.15) is 5.26 Å². The molecule has 0 aliphatic carbocycles. The molecule has 2 aromatic carbocycles. The van der Waals surface area contributed by atoms with Gasteiger partial charge in [-0.15, -0.1) is 11.3 Å². The normalized spacial score (nSPS) is 11.6. The topological polar surface area (TPSA) is 36.7 Å². The van der Waals surface area contributed by atoms with Crippen molar-refractivity contribution in [1.82, 2.24) is 4.98 Å². The molecule has 0 unspecified atom stereocenters. The molecule has 3 rings (SSSR count). The summed E-state index contributed by atoms with van der Waals surface area (Å²) in [6, 6.07) is 17.4. The molecule has 0 radical (unpaired) electrons. The number of benzene rings is 2. The van der Waals surface area contributed by atoms with E-state index < -0.39 is 0 Å². The molecule has 0 bridgehead atoms. The Balaban J connectivity index is 1.85. The molecule has 0 aliphatic rings. The maximum Gasteiger partial charge on any atom is 0.134 e. The summed E-state index contributed by atoms with van der Waals surface area (Å²) in [5.41, 5.74) is 3.11. The van der Waals surface area contributed by atoms with Crippen molar-refractivity contribution in [1.29, 1.82) is 5.26 Å². The first-order valence-corrected chi connectivity index (χ1v) is 9.06. The molecule has 122 valence electrons. The summed E-state index contributed by atoms with van der Waals surface area (Å²) in [5.74, 6) is 0. The summed E-state index contributed by atoms with van der Waals surface area (Å²) < 4.78 is 0. The molecule has 0 atom stereocenters. The predicted octanol–water partition coefficient (Wildman–Crippen LogP) is 6.74. The van der Waals surface area contributed by atoms with Gasteiger partial charge < -0.3 is 0 Å². The summed E-state index contributed by atoms with van der Waals surface area (Å²) >= 11 is 13.6. The first kappa shape index (κ1) is 17.4. The highest BCUT2D eigenvalue weighted by Crippen LogP contribution is 2.32. The molecule has 5 heteroatoms. The van der Waals surface area contributed by atoms with Gasteiger partial charge in [0.1, 0.15) is 11.1 Å². The van der Waals surface area contributed by atoms with E-state index in [1.807, 2.05) is 53.9 Å². The minimum Gasteiger partial charge on any atom is -0.235 e. The van der Waals surface area contributed by atoms with Crippen molar-refractivity contribution < 1.29 is 0 Å². The number of nitriles is 1. The number of halogens is 2. The van der Waals surface area contributed by atoms with Crippen molar-refractivity contribution in [3.63, 3.8) is 0 Å². The van der Waals surface area contributed by atoms with Crippen molar-refractivity contribution in [2.45, 2.75) is 0 Å². The quantitative estimate of drug-likeness (QED) is 0.370. The molecule has 3 aromatic rings. The molecule has 1 heterocycles. The van der Waals surface area contributed by atoms with Crippen LogP contribution in [0.25, 0.3) is 22.9 Å². The number of aromatic nitrogens is 1. The Kier molecular flexibility index (Phi) is 5.67. The lowest BCUT2D eigenvalue weighted by Crippen LogP contribution is -1.83. The van der Waals surface area contributed by atoms with Crippen LogP contribution in [0, 0.1) is 11.3 Å². The monoisotopic (exact) mass is 382 g/mol. The summed E-state index contributed by atoms with van der Waals surface area (Å²) in [6.07, 6.45) is 5.56. The average Bonchev–Trinajstić information content (AvgIpc) is 3.09. The van der Waals surface area contributed by atoms with Gasteiger partial charge in [-0.05, 0) is 29.8 Å². The van der Waals surface area contributed by atoms with Crippen LogP contribution in [0.5, 0.6) is 0 Å². The maximum atomic E-state index is 9.42. The van der Waals surface area contributed by atoms with Gasteiger partial charge in [-0.3, -0.25) is 0 Å². The third-order valence-corrected chi connectivity index (χ3v) is 4.84. The molecular formula is C20H12Cl2N2S. The first-order valence-electron chi connectivity index (χ1n) is 7.42. The van der Waals surface area contributed by atoms with Gasteiger partial charge in [0, 0.05) is 16.0 Å². The number of thiazole rings is 1. The van der Waals surface area contributed by atoms with Crippen LogP contribution in [0.1, 0.15) is 10.6 Å². The molecule has 0 spiro atoms. The van der Waals surface area contributed by atoms with Gasteiger partial charge in [-0.25, -0.2) is 4.98 Å². The molecule has 0 aliphatic heterocycles. The molecule has 25 heavy (non-hydrogen) atoms. The zero-order valence-corrected chi connectivity index (χ0v) is 15.3. The van der Waals surface area contributed by atoms with E-state index in [0.29, 0.717) is 20.6 Å². The summed E-state index contributed by atoms with van der Waals surface area (Å²) in [5, 5.41) is 13.1. The third-order valence-electron chi connectivity index (χ3n) is 3.41. The number of nitrogens with zero attached hydrogens (tertiary/aromatic N) is 2. The maximum absolute atomic E-state index is 9.42. The van der Waals surface area contributed by atoms with Gasteiger partial charge in [0.2, 0.25) is 0 Å². The van der Waals surface area contributed by atoms with Crippen molar-refractivity contribution in [3.8, 4) is 17.3 Å². The number of hydrogen-bond donors (Lipinski definition) is 0. The van der Waals surface area contributed by atoms with E-state index in [2.05, 4.69) is 11.1 Å². The predicted molar refractivity (Wildman–Crippen MR) is 107 cm³/mol. The van der Waals surface area contributed by atoms with Crippen molar-refractivity contribution >= 4 is 46.2 Å². The van der Waals surface area contributed by atoms with E-state index in [-0.39, 0.29) is 0 Å². The Labute approximate surface area is 160 Å². The van der Waals surface area contributed by atoms with Crippen molar-refractivity contribution in [2.24, 2.45) is 0 Å². The number of rotatable bonds is 4. The van der Waals surface area contributed by atoms with E-state index in [0.717, 1.165) is 16.8 Å². The highest BCUT2D eigenvalue weighted by molar-refractivity contribution is 7.11. The number of allylic oxidation sites excluding steroid dienone is 3. The fraction of sp³-hybridized carbons (Fsp3) is 0. The summed E-state index contributed by atoms with van der Waals surface area (Å²) in [6.45, 7) is 0. The highest BCUT2D eigenvalue weighted by atomic mass is 35.5. The number of hydrogen-bond acceptors (Lipinski definition) is 3. The Hall–Kier alpha value is -2.38. The largest absolute Gasteiger partial charge is 0.235 e. The Morgan fingerprint density at radius 1 is 1.12 bits per heavy atom. The van der Waals surface area contributed by atoms with Crippen LogP contribution in [-0.4, -0.2) is 4.98 Å². The zero-order valence-electron chi connectivity index (χ0n) is 13.0. The molecule has 1 aromatic heterocycles. The molecule has 0 saturated heterocycles. The van der Waals surface area contributed by atoms with E-state index >= 15 is 0 Å². The van der Waals surface area contributed by atoms with E-state index in [1.54, 1.807) is 18.2 Å². The fourth-order valence-electron chi connectivity index (χ4n) is 2.19. The molecule has 2 nitrogen and oxygen atoms in total. The second kappa shape index (κ2) is 8.13. The smallest absolute Gasteiger partial charge is 0.134 e. The van der Waals surface area contributed by atoms with Crippen LogP contribution in [0.4, 0.5) is 0 Å². The summed E-state index contributed by atoms with van der Waals surface area (Å²) in [4.78, 5) is 4.53. The molecular weight excluding hydrogens is 371 g/mol. The average molecular weight is 383 g/mol. The second-order valence-electron chi connectivity index (χ2n) is 5.12. The lowest BCUT2D eigenvalue weighted by Gasteiger charge is -2.00. The Morgan fingerprint density at radius 3 is 2.64 bits per heavy atom. The second-order valence-corrected chi connectivity index (χ2v) is 6.83. The highest BCUT2D eigenvalue weighted by Gasteiger charge is 2.11. The van der Waals surface area contributed by atoms with E-state index in [9.17, 15) is 5.26 Å². The van der Waals surface area contributed by atoms with Crippen LogP contribution >= 0.6 is 34.5 Å². The van der Waals surface area contributed by atoms with Crippen LogP contribution in [0.3, 0.4) is 0 Å². The lowest BCUT2D eigenvalue weighted by atomic mass is 10.2. The minimum atomic E-state index is 0.508. The van der Waals surface area contributed by atoms with Crippen molar-refractivity contribution in [2.75, 3.05) is 0 Å². The van der Waals surface area contributed by atoms with Crippen LogP contribution in [0.2, 0.25) is 10.0 Å². The molecule has 0 fully saturated rings. The van der Waals surface area contributed by atoms with Gasteiger partial charge in [0.15, 0.2) is 0 Å². The molecule has 0 amide bonds. The van der Waals surface area contributed by atoms with Crippen LogP contribution in [0.15, 0.2) is 66.1 Å². The minimum absolute atomic E-state index is 0.508. The Morgan fingerprint density at radius 2 is 1.92 bits per heavy atom. The van der Waals surface area contributed by atoms with E-state index in [4.69, 9.17) is 23.2 Å². The standard InChI is InChI=1S/C20H12Cl2N2S/c21-16-9-10-17(18(22)11-16)19-13-25-20(24-19)15(12-23)8-4-7-14-5-2-1-3-6-14/h1-11,13H/b7-4+,15-8-. The van der Waals surface area contributed by atoms with Gasteiger partial charge in [-0.1, -0.05) is 65.7 Å². The van der Waals surface area contributed by atoms with Gasteiger partial charge in [0.05, 0.1) is 16.3 Å². The van der Waals surface area contributed by atoms with Crippen LogP contribution < -0.4 is 0 Å².